The predicted molar refractivity (Wildman–Crippen MR) is 83.1 cm³/mol. The van der Waals surface area contributed by atoms with Crippen molar-refractivity contribution in [2.75, 3.05) is 0 Å². The van der Waals surface area contributed by atoms with Gasteiger partial charge in [-0.3, -0.25) is 10.1 Å². The second-order valence-corrected chi connectivity index (χ2v) is 5.43. The molecule has 0 fully saturated rings. The summed E-state index contributed by atoms with van der Waals surface area (Å²) in [7, 11) is 0. The van der Waals surface area contributed by atoms with E-state index in [4.69, 9.17) is 16.3 Å². The number of non-ortho nitro benzene ring substituents is 1. The Kier molecular flexibility index (Phi) is 4.48. The number of hydrogen-bond donors (Lipinski definition) is 0. The van der Waals surface area contributed by atoms with E-state index in [1.54, 1.807) is 0 Å². The fourth-order valence-corrected chi connectivity index (χ4v) is 2.26. The molecule has 0 aliphatic carbocycles. The first kappa shape index (κ1) is 15.3. The molecule has 4 nitrogen and oxygen atoms in total. The van der Waals surface area contributed by atoms with Crippen molar-refractivity contribution in [3.63, 3.8) is 0 Å². The van der Waals surface area contributed by atoms with E-state index in [1.807, 2.05) is 26.8 Å². The van der Waals surface area contributed by atoms with Gasteiger partial charge in [-0.05, 0) is 49.6 Å². The Hall–Kier alpha value is -2.07. The van der Waals surface area contributed by atoms with E-state index >= 15 is 0 Å². The van der Waals surface area contributed by atoms with Crippen molar-refractivity contribution < 1.29 is 9.66 Å². The Bertz CT molecular complexity index is 698. The van der Waals surface area contributed by atoms with E-state index < -0.39 is 4.92 Å². The summed E-state index contributed by atoms with van der Waals surface area (Å²) in [6, 6.07) is 8.39. The van der Waals surface area contributed by atoms with E-state index in [2.05, 4.69) is 6.07 Å². The molecular weight excluding hydrogens is 290 g/mol. The quantitative estimate of drug-likeness (QED) is 0.605. The van der Waals surface area contributed by atoms with E-state index in [0.29, 0.717) is 10.6 Å². The number of nitrogens with zero attached hydrogens (tertiary/aromatic N) is 1. The topological polar surface area (TPSA) is 52.4 Å². The van der Waals surface area contributed by atoms with Crippen molar-refractivity contribution in [2.24, 2.45) is 0 Å². The van der Waals surface area contributed by atoms with Gasteiger partial charge in [0.15, 0.2) is 0 Å². The summed E-state index contributed by atoms with van der Waals surface area (Å²) in [5.74, 6) is 0.773. The van der Waals surface area contributed by atoms with E-state index in [9.17, 15) is 10.1 Å². The third-order valence-corrected chi connectivity index (χ3v) is 3.76. The van der Waals surface area contributed by atoms with Gasteiger partial charge < -0.3 is 4.74 Å². The summed E-state index contributed by atoms with van der Waals surface area (Å²) in [6.07, 6.45) is 0. The molecule has 0 saturated heterocycles. The zero-order chi connectivity index (χ0) is 15.6. The zero-order valence-corrected chi connectivity index (χ0v) is 12.9. The number of rotatable bonds is 4. The SMILES string of the molecule is Cc1cc(C)c(C)c(OCc2cc([N+](=O)[O-])ccc2Cl)c1. The minimum atomic E-state index is -0.443. The van der Waals surface area contributed by atoms with Crippen LogP contribution in [0.2, 0.25) is 5.02 Å². The van der Waals surface area contributed by atoms with Crippen LogP contribution in [0.5, 0.6) is 5.75 Å². The van der Waals surface area contributed by atoms with Crippen LogP contribution in [0.25, 0.3) is 0 Å². The van der Waals surface area contributed by atoms with Gasteiger partial charge in [-0.1, -0.05) is 17.7 Å². The molecule has 0 aromatic heterocycles. The van der Waals surface area contributed by atoms with Crippen LogP contribution in [0, 0.1) is 30.9 Å². The fraction of sp³-hybridized carbons (Fsp3) is 0.250. The molecule has 0 atom stereocenters. The molecule has 2 aromatic carbocycles. The highest BCUT2D eigenvalue weighted by molar-refractivity contribution is 6.31. The van der Waals surface area contributed by atoms with Gasteiger partial charge in [-0.15, -0.1) is 0 Å². The second kappa shape index (κ2) is 6.14. The molecule has 0 aliphatic rings. The Morgan fingerprint density at radius 1 is 1.19 bits per heavy atom. The number of aryl methyl sites for hydroxylation is 2. The van der Waals surface area contributed by atoms with Crippen LogP contribution in [0.15, 0.2) is 30.3 Å². The van der Waals surface area contributed by atoms with E-state index in [0.717, 1.165) is 22.4 Å². The van der Waals surface area contributed by atoms with Crippen LogP contribution in [-0.4, -0.2) is 4.92 Å². The van der Waals surface area contributed by atoms with Gasteiger partial charge in [0.2, 0.25) is 0 Å². The predicted octanol–water partition coefficient (Wildman–Crippen LogP) is 4.75. The molecule has 0 N–H and O–H groups in total. The highest BCUT2D eigenvalue weighted by atomic mass is 35.5. The number of nitro benzene ring substituents is 1. The number of benzene rings is 2. The Labute approximate surface area is 128 Å². The van der Waals surface area contributed by atoms with Crippen LogP contribution in [0.3, 0.4) is 0 Å². The lowest BCUT2D eigenvalue weighted by Crippen LogP contribution is -2.00. The Morgan fingerprint density at radius 3 is 2.57 bits per heavy atom. The van der Waals surface area contributed by atoms with Crippen LogP contribution >= 0.6 is 11.6 Å². The highest BCUT2D eigenvalue weighted by Crippen LogP contribution is 2.27. The third kappa shape index (κ3) is 3.52. The first-order valence-corrected chi connectivity index (χ1v) is 6.89. The molecule has 21 heavy (non-hydrogen) atoms. The average molecular weight is 306 g/mol. The van der Waals surface area contributed by atoms with Gasteiger partial charge in [0.05, 0.1) is 4.92 Å². The van der Waals surface area contributed by atoms with Crippen LogP contribution in [-0.2, 0) is 6.61 Å². The molecule has 110 valence electrons. The molecule has 0 heterocycles. The first-order valence-electron chi connectivity index (χ1n) is 6.52. The lowest BCUT2D eigenvalue weighted by molar-refractivity contribution is -0.384. The van der Waals surface area contributed by atoms with E-state index in [-0.39, 0.29) is 12.3 Å². The molecular formula is C16H16ClNO3. The summed E-state index contributed by atoms with van der Waals surface area (Å²) in [5.41, 5.74) is 3.93. The van der Waals surface area contributed by atoms with E-state index in [1.165, 1.54) is 18.2 Å². The summed E-state index contributed by atoms with van der Waals surface area (Å²) in [6.45, 7) is 6.21. The van der Waals surface area contributed by atoms with Crippen LogP contribution < -0.4 is 4.74 Å². The van der Waals surface area contributed by atoms with Gasteiger partial charge >= 0.3 is 0 Å². The van der Waals surface area contributed by atoms with Crippen molar-refractivity contribution in [1.82, 2.24) is 0 Å². The lowest BCUT2D eigenvalue weighted by atomic mass is 10.1. The maximum atomic E-state index is 10.8. The molecule has 0 saturated carbocycles. The minimum absolute atomic E-state index is 0.00939. The van der Waals surface area contributed by atoms with Crippen molar-refractivity contribution in [3.8, 4) is 5.75 Å². The van der Waals surface area contributed by atoms with Crippen molar-refractivity contribution in [2.45, 2.75) is 27.4 Å². The third-order valence-electron chi connectivity index (χ3n) is 3.39. The minimum Gasteiger partial charge on any atom is -0.489 e. The summed E-state index contributed by atoms with van der Waals surface area (Å²) in [5, 5.41) is 11.3. The number of nitro groups is 1. The van der Waals surface area contributed by atoms with Crippen LogP contribution in [0.4, 0.5) is 5.69 Å². The van der Waals surface area contributed by atoms with Crippen molar-refractivity contribution in [1.29, 1.82) is 0 Å². The second-order valence-electron chi connectivity index (χ2n) is 5.03. The highest BCUT2D eigenvalue weighted by Gasteiger charge is 2.11. The molecule has 2 rings (SSSR count). The van der Waals surface area contributed by atoms with Gasteiger partial charge in [-0.2, -0.15) is 0 Å². The maximum absolute atomic E-state index is 10.8. The molecule has 0 aliphatic heterocycles. The standard InChI is InChI=1S/C16H16ClNO3/c1-10-6-11(2)12(3)16(7-10)21-9-13-8-14(18(19)20)4-5-15(13)17/h4-8H,9H2,1-3H3. The monoisotopic (exact) mass is 305 g/mol. The van der Waals surface area contributed by atoms with Gasteiger partial charge in [0.25, 0.3) is 5.69 Å². The van der Waals surface area contributed by atoms with Crippen LogP contribution in [0.1, 0.15) is 22.3 Å². The molecule has 0 radical (unpaired) electrons. The molecule has 0 spiro atoms. The molecule has 5 heteroatoms. The normalized spacial score (nSPS) is 10.5. The average Bonchev–Trinajstić information content (AvgIpc) is 2.42. The van der Waals surface area contributed by atoms with Gasteiger partial charge in [0, 0.05) is 22.7 Å². The number of ether oxygens (including phenoxy) is 1. The number of hydrogen-bond acceptors (Lipinski definition) is 3. The maximum Gasteiger partial charge on any atom is 0.269 e. The first-order chi connectivity index (χ1) is 9.88. The molecule has 2 aromatic rings. The number of halogens is 1. The zero-order valence-electron chi connectivity index (χ0n) is 12.1. The smallest absolute Gasteiger partial charge is 0.269 e. The fourth-order valence-electron chi connectivity index (χ4n) is 2.09. The molecule has 0 amide bonds. The summed E-state index contributed by atoms with van der Waals surface area (Å²) in [4.78, 5) is 10.4. The molecule has 0 bridgehead atoms. The largest absolute Gasteiger partial charge is 0.489 e. The van der Waals surface area contributed by atoms with Crippen molar-refractivity contribution in [3.05, 3.63) is 67.7 Å². The summed E-state index contributed by atoms with van der Waals surface area (Å²) >= 11 is 6.07. The van der Waals surface area contributed by atoms with Gasteiger partial charge in [-0.25, -0.2) is 0 Å². The summed E-state index contributed by atoms with van der Waals surface area (Å²) < 4.78 is 5.79. The molecule has 0 unspecified atom stereocenters. The Morgan fingerprint density at radius 2 is 1.90 bits per heavy atom. The van der Waals surface area contributed by atoms with Crippen molar-refractivity contribution >= 4 is 17.3 Å². The lowest BCUT2D eigenvalue weighted by Gasteiger charge is -2.13. The van der Waals surface area contributed by atoms with Gasteiger partial charge in [0.1, 0.15) is 12.4 Å². The Balaban J connectivity index is 2.24.